The number of nitrogens with zero attached hydrogens (tertiary/aromatic N) is 2. The van der Waals surface area contributed by atoms with Crippen molar-refractivity contribution in [1.29, 1.82) is 5.26 Å². The highest BCUT2D eigenvalue weighted by Gasteiger charge is 2.12. The maximum absolute atomic E-state index is 12.2. The van der Waals surface area contributed by atoms with E-state index in [2.05, 4.69) is 19.2 Å². The van der Waals surface area contributed by atoms with Crippen molar-refractivity contribution in [3.05, 3.63) is 41.1 Å². The van der Waals surface area contributed by atoms with Crippen molar-refractivity contribution < 1.29 is 4.79 Å². The summed E-state index contributed by atoms with van der Waals surface area (Å²) in [5.41, 5.74) is 0.583. The molecule has 0 aliphatic carbocycles. The predicted octanol–water partition coefficient (Wildman–Crippen LogP) is 3.81. The molecule has 0 saturated carbocycles. The van der Waals surface area contributed by atoms with Crippen molar-refractivity contribution in [1.82, 2.24) is 4.90 Å². The molecule has 1 aromatic carbocycles. The van der Waals surface area contributed by atoms with Gasteiger partial charge in [0.05, 0.1) is 10.7 Å². The molecule has 1 amide bonds. The molecule has 0 bridgehead atoms. The molecule has 0 aromatic heterocycles. The molecule has 1 aromatic rings. The lowest BCUT2D eigenvalue weighted by Gasteiger charge is -2.19. The molecule has 21 heavy (non-hydrogen) atoms. The Bertz CT molecular complexity index is 543. The first-order valence-corrected chi connectivity index (χ1v) is 7.42. The van der Waals surface area contributed by atoms with Gasteiger partial charge in [0.1, 0.15) is 11.6 Å². The molecule has 0 atom stereocenters. The number of halogens is 1. The fourth-order valence-corrected chi connectivity index (χ4v) is 2.07. The minimum Gasteiger partial charge on any atom is -0.376 e. The molecular formula is C16H20ClN3O. The molecule has 0 saturated heterocycles. The quantitative estimate of drug-likeness (QED) is 0.615. The predicted molar refractivity (Wildman–Crippen MR) is 85.9 cm³/mol. The van der Waals surface area contributed by atoms with Gasteiger partial charge in [-0.3, -0.25) is 4.79 Å². The van der Waals surface area contributed by atoms with Crippen molar-refractivity contribution >= 4 is 23.2 Å². The highest BCUT2D eigenvalue weighted by Crippen LogP contribution is 2.21. The Balaban J connectivity index is 2.86. The molecule has 1 N–H and O–H groups in total. The fourth-order valence-electron chi connectivity index (χ4n) is 1.89. The molecule has 0 heterocycles. The molecule has 112 valence electrons. The first kappa shape index (κ1) is 17.1. The maximum Gasteiger partial charge on any atom is 0.267 e. The van der Waals surface area contributed by atoms with Crippen molar-refractivity contribution in [2.75, 3.05) is 18.4 Å². The Morgan fingerprint density at radius 3 is 2.48 bits per heavy atom. The number of carbonyl (C=O) groups excluding carboxylic acids is 1. The number of anilines is 1. The molecule has 5 heteroatoms. The van der Waals surface area contributed by atoms with Gasteiger partial charge in [0, 0.05) is 19.3 Å². The van der Waals surface area contributed by atoms with Gasteiger partial charge >= 0.3 is 0 Å². The number of nitriles is 1. The Kier molecular flexibility index (Phi) is 7.34. The number of rotatable bonds is 7. The van der Waals surface area contributed by atoms with Crippen LogP contribution in [0.3, 0.4) is 0 Å². The smallest absolute Gasteiger partial charge is 0.267 e. The summed E-state index contributed by atoms with van der Waals surface area (Å²) in [6.07, 6.45) is 3.54. The molecule has 0 fully saturated rings. The van der Waals surface area contributed by atoms with Crippen molar-refractivity contribution in [3.8, 4) is 6.07 Å². The topological polar surface area (TPSA) is 56.1 Å². The molecule has 0 unspecified atom stereocenters. The van der Waals surface area contributed by atoms with Crippen LogP contribution in [0.5, 0.6) is 0 Å². The SMILES string of the molecule is CCCN(/C=C(/C#N)C(=O)Nc1ccccc1Cl)CCC. The van der Waals surface area contributed by atoms with Crippen LogP contribution in [-0.4, -0.2) is 23.9 Å². The summed E-state index contributed by atoms with van der Waals surface area (Å²) in [5.74, 6) is -0.442. The largest absolute Gasteiger partial charge is 0.376 e. The van der Waals surface area contributed by atoms with Crippen LogP contribution in [0.4, 0.5) is 5.69 Å². The first-order valence-electron chi connectivity index (χ1n) is 7.04. The highest BCUT2D eigenvalue weighted by molar-refractivity contribution is 6.33. The number of hydrogen-bond acceptors (Lipinski definition) is 3. The van der Waals surface area contributed by atoms with E-state index in [1.807, 2.05) is 11.0 Å². The van der Waals surface area contributed by atoms with Crippen LogP contribution in [0.25, 0.3) is 0 Å². The summed E-state index contributed by atoms with van der Waals surface area (Å²) in [4.78, 5) is 14.1. The van der Waals surface area contributed by atoms with Gasteiger partial charge < -0.3 is 10.2 Å². The molecule has 0 aliphatic heterocycles. The van der Waals surface area contributed by atoms with Crippen LogP contribution in [0.2, 0.25) is 5.02 Å². The zero-order valence-corrected chi connectivity index (χ0v) is 13.2. The van der Waals surface area contributed by atoms with Gasteiger partial charge in [-0.1, -0.05) is 37.6 Å². The molecule has 4 nitrogen and oxygen atoms in total. The number of carbonyl (C=O) groups is 1. The lowest BCUT2D eigenvalue weighted by molar-refractivity contribution is -0.112. The second-order valence-corrected chi connectivity index (χ2v) is 5.03. The zero-order valence-electron chi connectivity index (χ0n) is 12.4. The number of nitrogens with one attached hydrogen (secondary N) is 1. The van der Waals surface area contributed by atoms with E-state index in [0.29, 0.717) is 10.7 Å². The molecule has 1 rings (SSSR count). The van der Waals surface area contributed by atoms with Gasteiger partial charge in [-0.05, 0) is 25.0 Å². The van der Waals surface area contributed by atoms with E-state index in [0.717, 1.165) is 25.9 Å². The van der Waals surface area contributed by atoms with Crippen LogP contribution in [-0.2, 0) is 4.79 Å². The Morgan fingerprint density at radius 1 is 1.33 bits per heavy atom. The first-order chi connectivity index (χ1) is 10.1. The minimum absolute atomic E-state index is 0.0804. The molecule has 0 radical (unpaired) electrons. The highest BCUT2D eigenvalue weighted by atomic mass is 35.5. The second kappa shape index (κ2) is 9.04. The summed E-state index contributed by atoms with van der Waals surface area (Å²) in [7, 11) is 0. The summed E-state index contributed by atoms with van der Waals surface area (Å²) in [5, 5.41) is 12.3. The second-order valence-electron chi connectivity index (χ2n) is 4.62. The lowest BCUT2D eigenvalue weighted by Crippen LogP contribution is -2.22. The fraction of sp³-hybridized carbons (Fsp3) is 0.375. The van der Waals surface area contributed by atoms with E-state index in [4.69, 9.17) is 11.6 Å². The average molecular weight is 306 g/mol. The number of para-hydroxylation sites is 1. The Hall–Kier alpha value is -1.99. The van der Waals surface area contributed by atoms with Crippen molar-refractivity contribution in [2.45, 2.75) is 26.7 Å². The molecule has 0 aliphatic rings. The van der Waals surface area contributed by atoms with Crippen LogP contribution >= 0.6 is 11.6 Å². The maximum atomic E-state index is 12.2. The van der Waals surface area contributed by atoms with Gasteiger partial charge in [-0.25, -0.2) is 0 Å². The molecule has 0 spiro atoms. The standard InChI is InChI=1S/C16H20ClN3O/c1-3-9-20(10-4-2)12-13(11-18)16(21)19-15-8-6-5-7-14(15)17/h5-8,12H,3-4,9-10H2,1-2H3,(H,19,21)/b13-12-. The van der Waals surface area contributed by atoms with Gasteiger partial charge in [0.2, 0.25) is 0 Å². The van der Waals surface area contributed by atoms with E-state index in [-0.39, 0.29) is 5.57 Å². The zero-order chi connectivity index (χ0) is 15.7. The average Bonchev–Trinajstić information content (AvgIpc) is 2.47. The van der Waals surface area contributed by atoms with Gasteiger partial charge in [0.25, 0.3) is 5.91 Å². The van der Waals surface area contributed by atoms with E-state index in [1.165, 1.54) is 0 Å². The third-order valence-electron chi connectivity index (χ3n) is 2.82. The van der Waals surface area contributed by atoms with Crippen LogP contribution < -0.4 is 5.32 Å². The third-order valence-corrected chi connectivity index (χ3v) is 3.15. The lowest BCUT2D eigenvalue weighted by atomic mass is 10.2. The van der Waals surface area contributed by atoms with E-state index < -0.39 is 5.91 Å². The van der Waals surface area contributed by atoms with E-state index in [9.17, 15) is 10.1 Å². The van der Waals surface area contributed by atoms with Crippen molar-refractivity contribution in [2.24, 2.45) is 0 Å². The van der Waals surface area contributed by atoms with Gasteiger partial charge in [-0.2, -0.15) is 5.26 Å². The number of hydrogen-bond donors (Lipinski definition) is 1. The Labute approximate surface area is 131 Å². The van der Waals surface area contributed by atoms with Crippen LogP contribution in [0.15, 0.2) is 36.0 Å². The minimum atomic E-state index is -0.442. The van der Waals surface area contributed by atoms with E-state index >= 15 is 0 Å². The monoisotopic (exact) mass is 305 g/mol. The van der Waals surface area contributed by atoms with Crippen molar-refractivity contribution in [3.63, 3.8) is 0 Å². The summed E-state index contributed by atoms with van der Waals surface area (Å²) >= 11 is 5.99. The van der Waals surface area contributed by atoms with Crippen LogP contribution in [0, 0.1) is 11.3 Å². The van der Waals surface area contributed by atoms with Gasteiger partial charge in [-0.15, -0.1) is 0 Å². The summed E-state index contributed by atoms with van der Waals surface area (Å²) < 4.78 is 0. The third kappa shape index (κ3) is 5.49. The summed E-state index contributed by atoms with van der Waals surface area (Å²) in [6, 6.07) is 8.90. The summed E-state index contributed by atoms with van der Waals surface area (Å²) in [6.45, 7) is 5.76. The number of amides is 1. The Morgan fingerprint density at radius 2 is 1.95 bits per heavy atom. The van der Waals surface area contributed by atoms with Crippen LogP contribution in [0.1, 0.15) is 26.7 Å². The van der Waals surface area contributed by atoms with E-state index in [1.54, 1.807) is 30.5 Å². The normalized spacial score (nSPS) is 10.9. The molecular weight excluding hydrogens is 286 g/mol. The number of benzene rings is 1. The van der Waals surface area contributed by atoms with Gasteiger partial charge in [0.15, 0.2) is 0 Å².